The van der Waals surface area contributed by atoms with Crippen molar-refractivity contribution in [3.63, 3.8) is 0 Å². The van der Waals surface area contributed by atoms with E-state index in [1.54, 1.807) is 19.2 Å². The van der Waals surface area contributed by atoms with Crippen LogP contribution in [0.15, 0.2) is 16.9 Å². The minimum atomic E-state index is -0.201. The number of ether oxygens (including phenoxy) is 2. The summed E-state index contributed by atoms with van der Waals surface area (Å²) < 4.78 is 10.5. The molecule has 112 valence electrons. The summed E-state index contributed by atoms with van der Waals surface area (Å²) in [6.45, 7) is 3.39. The first-order valence-electron chi connectivity index (χ1n) is 6.84. The largest absolute Gasteiger partial charge is 0.497 e. The highest BCUT2D eigenvalue weighted by atomic mass is 16.5. The van der Waals surface area contributed by atoms with Crippen LogP contribution in [0.4, 0.5) is 5.95 Å². The molecular weight excluding hydrogens is 272 g/mol. The summed E-state index contributed by atoms with van der Waals surface area (Å²) in [5.41, 5.74) is 0.372. The van der Waals surface area contributed by atoms with Crippen LogP contribution in [0.5, 0.6) is 11.5 Å². The first-order valence-corrected chi connectivity index (χ1v) is 6.84. The molecule has 21 heavy (non-hydrogen) atoms. The molecule has 2 aromatic rings. The van der Waals surface area contributed by atoms with Crippen LogP contribution in [0, 0.1) is 0 Å². The van der Waals surface area contributed by atoms with Crippen LogP contribution in [-0.2, 0) is 0 Å². The third kappa shape index (κ3) is 2.52. The zero-order valence-electron chi connectivity index (χ0n) is 12.1. The van der Waals surface area contributed by atoms with Gasteiger partial charge in [-0.3, -0.25) is 9.78 Å². The Kier molecular flexibility index (Phi) is 3.66. The number of anilines is 1. The molecule has 0 aliphatic carbocycles. The molecule has 7 nitrogen and oxygen atoms in total. The van der Waals surface area contributed by atoms with E-state index < -0.39 is 0 Å². The Morgan fingerprint density at radius 1 is 1.19 bits per heavy atom. The van der Waals surface area contributed by atoms with Gasteiger partial charge in [0.25, 0.3) is 5.56 Å². The average Bonchev–Trinajstić information content (AvgIpc) is 2.54. The zero-order valence-corrected chi connectivity index (χ0v) is 12.1. The zero-order chi connectivity index (χ0) is 14.8. The number of aromatic nitrogens is 2. The van der Waals surface area contributed by atoms with Gasteiger partial charge in [0.1, 0.15) is 16.9 Å². The molecule has 0 saturated carbocycles. The minimum absolute atomic E-state index is 0.201. The van der Waals surface area contributed by atoms with Crippen LogP contribution in [-0.4, -0.2) is 50.4 Å². The van der Waals surface area contributed by atoms with Gasteiger partial charge in [-0.15, -0.1) is 0 Å². The molecular formula is C14H18N4O3. The molecule has 1 fully saturated rings. The van der Waals surface area contributed by atoms with E-state index in [9.17, 15) is 4.79 Å². The molecule has 2 N–H and O–H groups in total. The second kappa shape index (κ2) is 5.61. The van der Waals surface area contributed by atoms with E-state index >= 15 is 0 Å². The lowest BCUT2D eigenvalue weighted by Gasteiger charge is -2.27. The number of hydrogen-bond acceptors (Lipinski definition) is 6. The molecule has 0 bridgehead atoms. The normalized spacial score (nSPS) is 15.2. The van der Waals surface area contributed by atoms with Crippen molar-refractivity contribution in [3.05, 3.63) is 22.5 Å². The lowest BCUT2D eigenvalue weighted by atomic mass is 10.2. The molecule has 1 aliphatic rings. The van der Waals surface area contributed by atoms with Crippen molar-refractivity contribution < 1.29 is 9.47 Å². The van der Waals surface area contributed by atoms with Gasteiger partial charge < -0.3 is 19.7 Å². The maximum atomic E-state index is 12.4. The van der Waals surface area contributed by atoms with E-state index in [-0.39, 0.29) is 5.56 Å². The van der Waals surface area contributed by atoms with E-state index in [1.807, 2.05) is 0 Å². The van der Waals surface area contributed by atoms with E-state index in [2.05, 4.69) is 20.2 Å². The molecule has 1 saturated heterocycles. The fraction of sp³-hybridized carbons (Fsp3) is 0.429. The van der Waals surface area contributed by atoms with Gasteiger partial charge in [-0.1, -0.05) is 0 Å². The Balaban J connectivity index is 2.15. The molecule has 0 spiro atoms. The Bertz CT molecular complexity index is 707. The van der Waals surface area contributed by atoms with Gasteiger partial charge in [0.2, 0.25) is 5.95 Å². The minimum Gasteiger partial charge on any atom is -0.497 e. The number of hydrogen-bond donors (Lipinski definition) is 2. The highest BCUT2D eigenvalue weighted by Gasteiger charge is 2.16. The first kappa shape index (κ1) is 13.7. The third-order valence-corrected chi connectivity index (χ3v) is 3.61. The maximum Gasteiger partial charge on any atom is 0.263 e. The molecule has 2 heterocycles. The van der Waals surface area contributed by atoms with Crippen molar-refractivity contribution in [1.29, 1.82) is 0 Å². The second-order valence-corrected chi connectivity index (χ2v) is 4.85. The average molecular weight is 290 g/mol. The monoisotopic (exact) mass is 290 g/mol. The van der Waals surface area contributed by atoms with Crippen LogP contribution < -0.4 is 25.2 Å². The SMILES string of the molecule is COc1cc(OC)c2c(=O)[nH]c(N3CCNCC3)nc2c1. The summed E-state index contributed by atoms with van der Waals surface area (Å²) in [5.74, 6) is 1.66. The standard InChI is InChI=1S/C14H18N4O3/c1-20-9-7-10-12(11(8-9)21-2)13(19)17-14(16-10)18-5-3-15-4-6-18/h7-8,15H,3-6H2,1-2H3,(H,16,17,19). The molecule has 7 heteroatoms. The van der Waals surface area contributed by atoms with Gasteiger partial charge in [0, 0.05) is 38.3 Å². The summed E-state index contributed by atoms with van der Waals surface area (Å²) in [6, 6.07) is 3.43. The van der Waals surface area contributed by atoms with Gasteiger partial charge in [-0.05, 0) is 0 Å². The summed E-state index contributed by atoms with van der Waals surface area (Å²) >= 11 is 0. The molecule has 3 rings (SSSR count). The molecule has 0 atom stereocenters. The van der Waals surface area contributed by atoms with Crippen molar-refractivity contribution in [2.75, 3.05) is 45.3 Å². The number of H-pyrrole nitrogens is 1. The number of rotatable bonds is 3. The number of nitrogens with zero attached hydrogens (tertiary/aromatic N) is 2. The van der Waals surface area contributed by atoms with Crippen molar-refractivity contribution in [2.24, 2.45) is 0 Å². The topological polar surface area (TPSA) is 79.5 Å². The molecule has 1 aliphatic heterocycles. The number of fused-ring (bicyclic) bond motifs is 1. The van der Waals surface area contributed by atoms with E-state index in [1.165, 1.54) is 7.11 Å². The summed E-state index contributed by atoms with van der Waals surface area (Å²) in [5, 5.41) is 3.71. The van der Waals surface area contributed by atoms with Gasteiger partial charge in [0.05, 0.1) is 19.7 Å². The van der Waals surface area contributed by atoms with Crippen LogP contribution in [0.1, 0.15) is 0 Å². The highest BCUT2D eigenvalue weighted by molar-refractivity contribution is 5.86. The fourth-order valence-electron chi connectivity index (χ4n) is 2.50. The van der Waals surface area contributed by atoms with Crippen molar-refractivity contribution in [3.8, 4) is 11.5 Å². The number of benzene rings is 1. The Hall–Kier alpha value is -2.28. The molecule has 0 unspecified atom stereocenters. The number of aromatic amines is 1. The van der Waals surface area contributed by atoms with Crippen LogP contribution >= 0.6 is 0 Å². The quantitative estimate of drug-likeness (QED) is 0.849. The van der Waals surface area contributed by atoms with Crippen LogP contribution in [0.2, 0.25) is 0 Å². The first-order chi connectivity index (χ1) is 10.2. The maximum absolute atomic E-state index is 12.4. The van der Waals surface area contributed by atoms with Crippen LogP contribution in [0.3, 0.4) is 0 Å². The predicted octanol–water partition coefficient (Wildman–Crippen LogP) is 0.350. The van der Waals surface area contributed by atoms with E-state index in [4.69, 9.17) is 9.47 Å². The predicted molar refractivity (Wildman–Crippen MR) is 80.6 cm³/mol. The van der Waals surface area contributed by atoms with E-state index in [0.717, 1.165) is 26.2 Å². The summed E-state index contributed by atoms with van der Waals surface area (Å²) in [6.07, 6.45) is 0. The summed E-state index contributed by atoms with van der Waals surface area (Å²) in [7, 11) is 3.10. The Morgan fingerprint density at radius 2 is 1.95 bits per heavy atom. The van der Waals surface area contributed by atoms with Crippen molar-refractivity contribution in [1.82, 2.24) is 15.3 Å². The van der Waals surface area contributed by atoms with Crippen molar-refractivity contribution >= 4 is 16.9 Å². The van der Waals surface area contributed by atoms with Gasteiger partial charge in [-0.2, -0.15) is 0 Å². The summed E-state index contributed by atoms with van der Waals surface area (Å²) in [4.78, 5) is 21.8. The number of nitrogens with one attached hydrogen (secondary N) is 2. The number of methoxy groups -OCH3 is 2. The Labute approximate surface area is 121 Å². The smallest absolute Gasteiger partial charge is 0.263 e. The second-order valence-electron chi connectivity index (χ2n) is 4.85. The fourth-order valence-corrected chi connectivity index (χ4v) is 2.50. The van der Waals surface area contributed by atoms with Gasteiger partial charge in [0.15, 0.2) is 0 Å². The molecule has 1 aromatic carbocycles. The Morgan fingerprint density at radius 3 is 2.62 bits per heavy atom. The van der Waals surface area contributed by atoms with Gasteiger partial charge >= 0.3 is 0 Å². The lowest BCUT2D eigenvalue weighted by molar-refractivity contribution is 0.397. The van der Waals surface area contributed by atoms with Crippen LogP contribution in [0.25, 0.3) is 10.9 Å². The van der Waals surface area contributed by atoms with Crippen molar-refractivity contribution in [2.45, 2.75) is 0 Å². The molecule has 0 radical (unpaired) electrons. The van der Waals surface area contributed by atoms with Gasteiger partial charge in [-0.25, -0.2) is 4.98 Å². The molecule has 1 aromatic heterocycles. The highest BCUT2D eigenvalue weighted by Crippen LogP contribution is 2.28. The van der Waals surface area contributed by atoms with E-state index in [0.29, 0.717) is 28.4 Å². The molecule has 0 amide bonds. The third-order valence-electron chi connectivity index (χ3n) is 3.61. The number of piperazine rings is 1. The lowest BCUT2D eigenvalue weighted by Crippen LogP contribution is -2.44.